The van der Waals surface area contributed by atoms with Gasteiger partial charge in [-0.1, -0.05) is 6.42 Å². The molecule has 0 radical (unpaired) electrons. The highest BCUT2D eigenvalue weighted by Crippen LogP contribution is 2.43. The molecule has 8 nitrogen and oxygen atoms in total. The zero-order valence-corrected chi connectivity index (χ0v) is 20.3. The minimum Gasteiger partial charge on any atom is -0.385 e. The number of aliphatic imine (C=N–C) groups is 1. The van der Waals surface area contributed by atoms with Crippen molar-refractivity contribution in [2.24, 2.45) is 10.4 Å². The Labute approximate surface area is 187 Å². The highest BCUT2D eigenvalue weighted by atomic mass is 127. The maximum atomic E-state index is 12.2. The quantitative estimate of drug-likeness (QED) is 0.212. The molecule has 2 aliphatic rings. The number of ether oxygens (including phenoxy) is 2. The normalized spacial score (nSPS) is 22.1. The van der Waals surface area contributed by atoms with Gasteiger partial charge >= 0.3 is 0 Å². The summed E-state index contributed by atoms with van der Waals surface area (Å²) in [7, 11) is 0.105. The van der Waals surface area contributed by atoms with E-state index in [-0.39, 0.29) is 41.2 Å². The number of rotatable bonds is 11. The van der Waals surface area contributed by atoms with Crippen molar-refractivity contribution >= 4 is 40.0 Å². The van der Waals surface area contributed by atoms with Crippen LogP contribution in [-0.4, -0.2) is 73.2 Å². The predicted molar refractivity (Wildman–Crippen MR) is 123 cm³/mol. The van der Waals surface area contributed by atoms with E-state index in [1.165, 1.54) is 19.3 Å². The van der Waals surface area contributed by atoms with Crippen LogP contribution >= 0.6 is 24.0 Å². The predicted octanol–water partition coefficient (Wildman–Crippen LogP) is 1.46. The van der Waals surface area contributed by atoms with E-state index in [9.17, 15) is 8.42 Å². The molecule has 10 heteroatoms. The topological polar surface area (TPSA) is 101 Å². The third-order valence-corrected chi connectivity index (χ3v) is 6.92. The lowest BCUT2D eigenvalue weighted by Crippen LogP contribution is -2.48. The van der Waals surface area contributed by atoms with Gasteiger partial charge in [0.25, 0.3) is 0 Å². The Balaban J connectivity index is 0.00000392. The van der Waals surface area contributed by atoms with Crippen molar-refractivity contribution in [3.05, 3.63) is 0 Å². The number of nitrogens with one attached hydrogen (secondary N) is 3. The number of halogens is 1. The van der Waals surface area contributed by atoms with Crippen molar-refractivity contribution in [3.63, 3.8) is 0 Å². The summed E-state index contributed by atoms with van der Waals surface area (Å²) in [4.78, 5) is 4.20. The van der Waals surface area contributed by atoms with Gasteiger partial charge in [-0.15, -0.1) is 24.0 Å². The fourth-order valence-electron chi connectivity index (χ4n) is 3.57. The third kappa shape index (κ3) is 9.10. The summed E-state index contributed by atoms with van der Waals surface area (Å²) in [5.74, 6) is 0.652. The molecule has 3 N–H and O–H groups in total. The summed E-state index contributed by atoms with van der Waals surface area (Å²) in [5.41, 5.74) is 0.279. The minimum atomic E-state index is -3.33. The molecule has 1 unspecified atom stereocenters. The highest BCUT2D eigenvalue weighted by Gasteiger charge is 2.36. The SMILES string of the molecule is CN=C(NCCS(=O)(=O)NCC1CCCCO1)NCC1(CCOC)CCC1.I. The van der Waals surface area contributed by atoms with E-state index < -0.39 is 10.0 Å². The summed E-state index contributed by atoms with van der Waals surface area (Å²) in [6.45, 7) is 2.99. The summed E-state index contributed by atoms with van der Waals surface area (Å²) >= 11 is 0. The zero-order valence-electron chi connectivity index (χ0n) is 17.2. The van der Waals surface area contributed by atoms with Crippen molar-refractivity contribution in [1.29, 1.82) is 0 Å². The Bertz CT molecular complexity index is 564. The number of nitrogens with zero attached hydrogens (tertiary/aromatic N) is 1. The molecule has 1 saturated carbocycles. The van der Waals surface area contributed by atoms with Crippen LogP contribution in [-0.2, 0) is 19.5 Å². The van der Waals surface area contributed by atoms with Crippen molar-refractivity contribution in [3.8, 4) is 0 Å². The molecular formula is C18H37IN4O4S. The molecule has 0 bridgehead atoms. The smallest absolute Gasteiger partial charge is 0.213 e. The number of guanidine groups is 1. The van der Waals surface area contributed by atoms with E-state index in [4.69, 9.17) is 9.47 Å². The first-order chi connectivity index (χ1) is 13.0. The van der Waals surface area contributed by atoms with Crippen molar-refractivity contribution in [1.82, 2.24) is 15.4 Å². The molecule has 0 aromatic heterocycles. The first kappa shape index (κ1) is 25.9. The van der Waals surface area contributed by atoms with Crippen molar-refractivity contribution < 1.29 is 17.9 Å². The van der Waals surface area contributed by atoms with Crippen LogP contribution in [0.15, 0.2) is 4.99 Å². The average molecular weight is 532 g/mol. The highest BCUT2D eigenvalue weighted by molar-refractivity contribution is 14.0. The third-order valence-electron chi connectivity index (χ3n) is 5.57. The van der Waals surface area contributed by atoms with Gasteiger partial charge in [0.05, 0.1) is 11.9 Å². The van der Waals surface area contributed by atoms with Crippen LogP contribution in [0.5, 0.6) is 0 Å². The maximum Gasteiger partial charge on any atom is 0.213 e. The van der Waals surface area contributed by atoms with Crippen LogP contribution < -0.4 is 15.4 Å². The van der Waals surface area contributed by atoms with Crippen molar-refractivity contribution in [2.45, 2.75) is 51.0 Å². The van der Waals surface area contributed by atoms with E-state index in [2.05, 4.69) is 20.3 Å². The van der Waals surface area contributed by atoms with Gasteiger partial charge in [0.2, 0.25) is 10.0 Å². The van der Waals surface area contributed by atoms with E-state index in [0.29, 0.717) is 19.0 Å². The molecular weight excluding hydrogens is 495 g/mol. The van der Waals surface area contributed by atoms with E-state index in [1.807, 2.05) is 0 Å². The Morgan fingerprint density at radius 2 is 2.04 bits per heavy atom. The minimum absolute atomic E-state index is 0. The molecule has 1 atom stereocenters. The Hall–Kier alpha value is -0.170. The lowest BCUT2D eigenvalue weighted by molar-refractivity contribution is 0.0200. The lowest BCUT2D eigenvalue weighted by atomic mass is 9.67. The second-order valence-corrected chi connectivity index (χ2v) is 9.53. The van der Waals surface area contributed by atoms with Gasteiger partial charge < -0.3 is 20.1 Å². The van der Waals surface area contributed by atoms with E-state index in [1.54, 1.807) is 14.2 Å². The molecule has 1 saturated heterocycles. The standard InChI is InChI=1S/C18H36N4O4S.HI/c1-19-17(21-15-18(7-5-8-18)9-12-25-2)20-10-13-27(23,24)22-14-16-6-3-4-11-26-16;/h16,22H,3-15H2,1-2H3,(H2,19,20,21);1H. The van der Waals surface area contributed by atoms with Gasteiger partial charge in [0.15, 0.2) is 5.96 Å². The van der Waals surface area contributed by atoms with E-state index >= 15 is 0 Å². The molecule has 1 aliphatic carbocycles. The number of sulfonamides is 1. The van der Waals surface area contributed by atoms with Gasteiger partial charge in [-0.2, -0.15) is 0 Å². The summed E-state index contributed by atoms with van der Waals surface area (Å²) in [5, 5.41) is 6.44. The van der Waals surface area contributed by atoms with Gasteiger partial charge in [-0.25, -0.2) is 13.1 Å². The second kappa shape index (κ2) is 13.2. The fraction of sp³-hybridized carbons (Fsp3) is 0.944. The average Bonchev–Trinajstić information content (AvgIpc) is 2.64. The van der Waals surface area contributed by atoms with Crippen LogP contribution in [0.3, 0.4) is 0 Å². The summed E-state index contributed by atoms with van der Waals surface area (Å²) in [6, 6.07) is 0. The molecule has 166 valence electrons. The molecule has 2 rings (SSSR count). The largest absolute Gasteiger partial charge is 0.385 e. The molecule has 1 aliphatic heterocycles. The van der Waals surface area contributed by atoms with Crippen LogP contribution in [0.4, 0.5) is 0 Å². The summed E-state index contributed by atoms with van der Waals surface area (Å²) in [6.07, 6.45) is 7.77. The van der Waals surface area contributed by atoms with Gasteiger partial charge in [-0.05, 0) is 43.9 Å². The maximum absolute atomic E-state index is 12.2. The van der Waals surface area contributed by atoms with Gasteiger partial charge in [0, 0.05) is 47.0 Å². The number of methoxy groups -OCH3 is 1. The Kier molecular flexibility index (Phi) is 12.2. The van der Waals surface area contributed by atoms with E-state index in [0.717, 1.165) is 45.4 Å². The Morgan fingerprint density at radius 3 is 2.61 bits per heavy atom. The van der Waals surface area contributed by atoms with Gasteiger partial charge in [0.1, 0.15) is 0 Å². The van der Waals surface area contributed by atoms with Crippen LogP contribution in [0.1, 0.15) is 44.9 Å². The molecule has 28 heavy (non-hydrogen) atoms. The second-order valence-electron chi connectivity index (χ2n) is 7.60. The van der Waals surface area contributed by atoms with Crippen LogP contribution in [0.2, 0.25) is 0 Å². The van der Waals surface area contributed by atoms with Gasteiger partial charge in [-0.3, -0.25) is 4.99 Å². The Morgan fingerprint density at radius 1 is 1.25 bits per heavy atom. The lowest BCUT2D eigenvalue weighted by Gasteiger charge is -2.42. The number of hydrogen-bond acceptors (Lipinski definition) is 5. The first-order valence-corrected chi connectivity index (χ1v) is 11.7. The monoisotopic (exact) mass is 532 g/mol. The van der Waals surface area contributed by atoms with Crippen LogP contribution in [0.25, 0.3) is 0 Å². The molecule has 2 fully saturated rings. The molecule has 0 spiro atoms. The first-order valence-electron chi connectivity index (χ1n) is 10.0. The van der Waals surface area contributed by atoms with Crippen molar-refractivity contribution in [2.75, 3.05) is 52.8 Å². The molecule has 0 aromatic carbocycles. The molecule has 1 heterocycles. The fourth-order valence-corrected chi connectivity index (χ4v) is 4.52. The molecule has 0 aromatic rings. The number of hydrogen-bond donors (Lipinski definition) is 3. The summed E-state index contributed by atoms with van der Waals surface area (Å²) < 4.78 is 37.7. The zero-order chi connectivity index (χ0) is 19.6. The van der Waals surface area contributed by atoms with Crippen LogP contribution in [0, 0.1) is 5.41 Å². The molecule has 0 amide bonds.